The Morgan fingerprint density at radius 2 is 1.33 bits per heavy atom. The number of hydrogen-bond donors (Lipinski definition) is 0. The first-order chi connectivity index (χ1) is 8.14. The van der Waals surface area contributed by atoms with Crippen molar-refractivity contribution in [3.8, 4) is 0 Å². The standard InChI is InChI=1S/C13H17BCl2O2/c1-8-10(15)6-9(7-11(8)16)14-17-12(2,3)13(4,5)18-14/h6-7H,1-5H3. The molecule has 0 N–H and O–H groups in total. The maximum absolute atomic E-state index is 6.14. The maximum atomic E-state index is 6.14. The van der Waals surface area contributed by atoms with E-state index in [1.54, 1.807) is 0 Å². The summed E-state index contributed by atoms with van der Waals surface area (Å²) in [4.78, 5) is 0. The van der Waals surface area contributed by atoms with E-state index < -0.39 is 7.12 Å². The van der Waals surface area contributed by atoms with E-state index >= 15 is 0 Å². The lowest BCUT2D eigenvalue weighted by molar-refractivity contribution is 0.00578. The summed E-state index contributed by atoms with van der Waals surface area (Å²) in [5.41, 5.74) is 1.01. The number of rotatable bonds is 1. The van der Waals surface area contributed by atoms with Gasteiger partial charge in [-0.15, -0.1) is 0 Å². The fourth-order valence-electron chi connectivity index (χ4n) is 1.78. The Hall–Kier alpha value is -0.215. The van der Waals surface area contributed by atoms with Crippen LogP contribution in [-0.2, 0) is 9.31 Å². The van der Waals surface area contributed by atoms with Crippen molar-refractivity contribution >= 4 is 35.8 Å². The van der Waals surface area contributed by atoms with E-state index in [4.69, 9.17) is 32.5 Å². The molecule has 0 saturated carbocycles. The lowest BCUT2D eigenvalue weighted by atomic mass is 9.79. The minimum absolute atomic E-state index is 0.360. The van der Waals surface area contributed by atoms with E-state index in [1.165, 1.54) is 0 Å². The van der Waals surface area contributed by atoms with Crippen LogP contribution in [0, 0.1) is 6.92 Å². The van der Waals surface area contributed by atoms with Crippen LogP contribution in [0.5, 0.6) is 0 Å². The average molecular weight is 287 g/mol. The normalized spacial score (nSPS) is 21.4. The molecule has 5 heteroatoms. The van der Waals surface area contributed by atoms with Crippen molar-refractivity contribution in [2.45, 2.75) is 45.8 Å². The molecule has 0 aromatic heterocycles. The molecule has 18 heavy (non-hydrogen) atoms. The molecule has 0 amide bonds. The second-order valence-corrected chi connectivity index (χ2v) is 6.51. The first-order valence-electron chi connectivity index (χ1n) is 5.95. The zero-order valence-corrected chi connectivity index (χ0v) is 12.8. The van der Waals surface area contributed by atoms with Crippen LogP contribution in [0.15, 0.2) is 12.1 Å². The molecule has 1 saturated heterocycles. The molecule has 1 aliphatic rings. The molecule has 2 nitrogen and oxygen atoms in total. The zero-order valence-electron chi connectivity index (χ0n) is 11.3. The highest BCUT2D eigenvalue weighted by Gasteiger charge is 2.51. The number of halogens is 2. The smallest absolute Gasteiger partial charge is 0.399 e. The van der Waals surface area contributed by atoms with Gasteiger partial charge in [0.05, 0.1) is 11.2 Å². The van der Waals surface area contributed by atoms with Gasteiger partial charge < -0.3 is 9.31 Å². The van der Waals surface area contributed by atoms with Crippen molar-refractivity contribution in [3.05, 3.63) is 27.7 Å². The fourth-order valence-corrected chi connectivity index (χ4v) is 2.28. The first kappa shape index (κ1) is 14.2. The zero-order chi connectivity index (χ0) is 13.7. The van der Waals surface area contributed by atoms with Crippen LogP contribution in [0.25, 0.3) is 0 Å². The van der Waals surface area contributed by atoms with Gasteiger partial charge in [0.15, 0.2) is 0 Å². The molecular weight excluding hydrogens is 270 g/mol. The maximum Gasteiger partial charge on any atom is 0.494 e. The van der Waals surface area contributed by atoms with Gasteiger partial charge in [-0.25, -0.2) is 0 Å². The minimum Gasteiger partial charge on any atom is -0.399 e. The van der Waals surface area contributed by atoms with Gasteiger partial charge in [-0.05, 0) is 57.8 Å². The molecule has 0 aliphatic carbocycles. The summed E-state index contributed by atoms with van der Waals surface area (Å²) >= 11 is 12.3. The van der Waals surface area contributed by atoms with Crippen molar-refractivity contribution in [1.82, 2.24) is 0 Å². The van der Waals surface area contributed by atoms with Gasteiger partial charge in [0.1, 0.15) is 0 Å². The number of hydrogen-bond acceptors (Lipinski definition) is 2. The van der Waals surface area contributed by atoms with Crippen LogP contribution in [0.4, 0.5) is 0 Å². The fraction of sp³-hybridized carbons (Fsp3) is 0.538. The summed E-state index contributed by atoms with van der Waals surface area (Å²) in [5.74, 6) is 0. The Bertz CT molecular complexity index is 447. The lowest BCUT2D eigenvalue weighted by Gasteiger charge is -2.32. The molecule has 0 atom stereocenters. The number of benzene rings is 1. The van der Waals surface area contributed by atoms with Crippen molar-refractivity contribution < 1.29 is 9.31 Å². The molecule has 1 aromatic carbocycles. The van der Waals surface area contributed by atoms with E-state index in [0.29, 0.717) is 10.0 Å². The summed E-state index contributed by atoms with van der Waals surface area (Å²) in [6.45, 7) is 9.96. The Morgan fingerprint density at radius 3 is 1.72 bits per heavy atom. The molecule has 2 rings (SSSR count). The van der Waals surface area contributed by atoms with Gasteiger partial charge in [-0.1, -0.05) is 23.2 Å². The second-order valence-electron chi connectivity index (χ2n) is 5.70. The predicted molar refractivity (Wildman–Crippen MR) is 76.9 cm³/mol. The van der Waals surface area contributed by atoms with E-state index in [0.717, 1.165) is 11.0 Å². The van der Waals surface area contributed by atoms with Crippen molar-refractivity contribution in [1.29, 1.82) is 0 Å². The van der Waals surface area contributed by atoms with E-state index in [-0.39, 0.29) is 11.2 Å². The van der Waals surface area contributed by atoms with Crippen LogP contribution < -0.4 is 5.46 Å². The minimum atomic E-state index is -0.425. The van der Waals surface area contributed by atoms with Crippen molar-refractivity contribution in [3.63, 3.8) is 0 Å². The third kappa shape index (κ3) is 2.29. The van der Waals surface area contributed by atoms with Gasteiger partial charge in [0, 0.05) is 10.0 Å². The second kappa shape index (κ2) is 4.41. The van der Waals surface area contributed by atoms with Gasteiger partial charge >= 0.3 is 7.12 Å². The third-order valence-electron chi connectivity index (χ3n) is 3.83. The highest BCUT2D eigenvalue weighted by molar-refractivity contribution is 6.62. The molecule has 98 valence electrons. The largest absolute Gasteiger partial charge is 0.494 e. The molecule has 1 heterocycles. The highest BCUT2D eigenvalue weighted by Crippen LogP contribution is 2.37. The van der Waals surface area contributed by atoms with Crippen LogP contribution in [0.1, 0.15) is 33.3 Å². The highest BCUT2D eigenvalue weighted by atomic mass is 35.5. The summed E-state index contributed by atoms with van der Waals surface area (Å²) < 4.78 is 11.9. The molecule has 0 unspecified atom stereocenters. The molecule has 1 fully saturated rings. The first-order valence-corrected chi connectivity index (χ1v) is 6.71. The molecule has 1 aliphatic heterocycles. The quantitative estimate of drug-likeness (QED) is 0.735. The van der Waals surface area contributed by atoms with E-state index in [9.17, 15) is 0 Å². The Kier molecular flexibility index (Phi) is 3.48. The summed E-state index contributed by atoms with van der Waals surface area (Å²) in [6.07, 6.45) is 0. The lowest BCUT2D eigenvalue weighted by Crippen LogP contribution is -2.41. The SMILES string of the molecule is Cc1c(Cl)cc(B2OC(C)(C)C(C)(C)O2)cc1Cl. The molecule has 0 bridgehead atoms. The summed E-state index contributed by atoms with van der Waals surface area (Å²) in [6, 6.07) is 3.70. The Labute approximate surface area is 119 Å². The van der Waals surface area contributed by atoms with E-state index in [2.05, 4.69) is 0 Å². The van der Waals surface area contributed by atoms with Crippen LogP contribution in [0.2, 0.25) is 10.0 Å². The molecule has 0 spiro atoms. The van der Waals surface area contributed by atoms with Crippen LogP contribution in [0.3, 0.4) is 0 Å². The Morgan fingerprint density at radius 1 is 0.944 bits per heavy atom. The van der Waals surface area contributed by atoms with Gasteiger partial charge in [-0.2, -0.15) is 0 Å². The van der Waals surface area contributed by atoms with Crippen LogP contribution in [-0.4, -0.2) is 18.3 Å². The molecule has 0 radical (unpaired) electrons. The molecule has 1 aromatic rings. The predicted octanol–water partition coefficient (Wildman–Crippen LogP) is 3.60. The Balaban J connectivity index is 2.36. The van der Waals surface area contributed by atoms with E-state index in [1.807, 2.05) is 46.8 Å². The third-order valence-corrected chi connectivity index (χ3v) is 4.61. The average Bonchev–Trinajstić information content (AvgIpc) is 2.44. The molecular formula is C13H17BCl2O2. The van der Waals surface area contributed by atoms with Gasteiger partial charge in [0.25, 0.3) is 0 Å². The van der Waals surface area contributed by atoms with Crippen molar-refractivity contribution in [2.75, 3.05) is 0 Å². The monoisotopic (exact) mass is 286 g/mol. The summed E-state index contributed by atoms with van der Waals surface area (Å²) in [5, 5.41) is 1.26. The van der Waals surface area contributed by atoms with Crippen LogP contribution >= 0.6 is 23.2 Å². The van der Waals surface area contributed by atoms with Gasteiger partial charge in [0.2, 0.25) is 0 Å². The summed E-state index contributed by atoms with van der Waals surface area (Å²) in [7, 11) is -0.425. The van der Waals surface area contributed by atoms with Crippen molar-refractivity contribution in [2.24, 2.45) is 0 Å². The topological polar surface area (TPSA) is 18.5 Å². The van der Waals surface area contributed by atoms with Gasteiger partial charge in [-0.3, -0.25) is 0 Å².